The van der Waals surface area contributed by atoms with E-state index in [-0.39, 0.29) is 12.2 Å². The van der Waals surface area contributed by atoms with Gasteiger partial charge in [0.2, 0.25) is 0 Å². The Kier molecular flexibility index (Phi) is 3.70. The highest BCUT2D eigenvalue weighted by molar-refractivity contribution is 5.98. The highest BCUT2D eigenvalue weighted by Crippen LogP contribution is 2.29. The number of rotatable bonds is 3. The second-order valence-electron chi connectivity index (χ2n) is 4.62. The van der Waals surface area contributed by atoms with Crippen molar-refractivity contribution in [1.29, 1.82) is 0 Å². The number of carbonyl (C=O) groups is 1. The highest BCUT2D eigenvalue weighted by atomic mass is 19.4. The summed E-state index contributed by atoms with van der Waals surface area (Å²) in [5, 5.41) is 0. The largest absolute Gasteiger partial charge is 0.466 e. The molecule has 0 N–H and O–H groups in total. The van der Waals surface area contributed by atoms with Crippen molar-refractivity contribution in [2.45, 2.75) is 26.4 Å². The first kappa shape index (κ1) is 14.4. The lowest BCUT2D eigenvalue weighted by Gasteiger charge is -2.07. The molecule has 0 radical (unpaired) electrons. The molecule has 2 aromatic rings. The van der Waals surface area contributed by atoms with E-state index in [9.17, 15) is 18.0 Å². The van der Waals surface area contributed by atoms with Gasteiger partial charge in [0, 0.05) is 6.42 Å². The van der Waals surface area contributed by atoms with Crippen molar-refractivity contribution in [2.75, 3.05) is 0 Å². The summed E-state index contributed by atoms with van der Waals surface area (Å²) in [6, 6.07) is 6.25. The summed E-state index contributed by atoms with van der Waals surface area (Å²) < 4.78 is 42.5. The van der Waals surface area contributed by atoms with Crippen LogP contribution in [-0.4, -0.2) is 5.78 Å². The number of hydrogen-bond acceptors (Lipinski definition) is 2. The van der Waals surface area contributed by atoms with Crippen molar-refractivity contribution in [3.8, 4) is 0 Å². The van der Waals surface area contributed by atoms with Crippen LogP contribution < -0.4 is 0 Å². The van der Waals surface area contributed by atoms with Crippen LogP contribution in [0, 0.1) is 13.8 Å². The van der Waals surface area contributed by atoms with Crippen molar-refractivity contribution >= 4 is 5.78 Å². The Labute approximate surface area is 114 Å². The van der Waals surface area contributed by atoms with E-state index in [0.717, 1.165) is 12.1 Å². The number of halogens is 3. The SMILES string of the molecule is Cc1cc(C(=O)Cc2ccc(C(F)(F)F)cc2)c(C)o1. The second-order valence-corrected chi connectivity index (χ2v) is 4.62. The minimum Gasteiger partial charge on any atom is -0.466 e. The van der Waals surface area contributed by atoms with Gasteiger partial charge in [-0.25, -0.2) is 0 Å². The normalized spacial score (nSPS) is 11.7. The number of Topliss-reactive ketones (excluding diaryl/α,β-unsaturated/α-hetero) is 1. The van der Waals surface area contributed by atoms with Crippen LogP contribution in [0.25, 0.3) is 0 Å². The summed E-state index contributed by atoms with van der Waals surface area (Å²) in [5.41, 5.74) is 0.299. The zero-order valence-electron chi connectivity index (χ0n) is 11.0. The molecule has 106 valence electrons. The molecule has 0 aliphatic rings. The summed E-state index contributed by atoms with van der Waals surface area (Å²) in [6.45, 7) is 3.43. The van der Waals surface area contributed by atoms with Gasteiger partial charge in [0.1, 0.15) is 11.5 Å². The molecule has 0 saturated carbocycles. The van der Waals surface area contributed by atoms with E-state index >= 15 is 0 Å². The third kappa shape index (κ3) is 3.10. The molecule has 1 heterocycles. The van der Waals surface area contributed by atoms with E-state index in [1.54, 1.807) is 19.9 Å². The zero-order chi connectivity index (χ0) is 14.9. The lowest BCUT2D eigenvalue weighted by atomic mass is 10.0. The molecule has 5 heteroatoms. The number of hydrogen-bond donors (Lipinski definition) is 0. The standard InChI is InChI=1S/C15H13F3O2/c1-9-7-13(10(2)20-9)14(19)8-11-3-5-12(6-4-11)15(16,17)18/h3-7H,8H2,1-2H3. The molecule has 0 aliphatic heterocycles. The number of carbonyl (C=O) groups excluding carboxylic acids is 1. The van der Waals surface area contributed by atoms with Gasteiger partial charge >= 0.3 is 6.18 Å². The van der Waals surface area contributed by atoms with E-state index in [1.165, 1.54) is 12.1 Å². The molecule has 0 unspecified atom stereocenters. The molecule has 2 rings (SSSR count). The van der Waals surface area contributed by atoms with Crippen molar-refractivity contribution in [1.82, 2.24) is 0 Å². The lowest BCUT2D eigenvalue weighted by Crippen LogP contribution is -2.06. The third-order valence-electron chi connectivity index (χ3n) is 2.99. The highest BCUT2D eigenvalue weighted by Gasteiger charge is 2.30. The topological polar surface area (TPSA) is 30.2 Å². The second kappa shape index (κ2) is 5.15. The van der Waals surface area contributed by atoms with E-state index in [2.05, 4.69) is 0 Å². The van der Waals surface area contributed by atoms with E-state index < -0.39 is 11.7 Å². The van der Waals surface area contributed by atoms with Crippen LogP contribution in [0.15, 0.2) is 34.7 Å². The number of benzene rings is 1. The average molecular weight is 282 g/mol. The van der Waals surface area contributed by atoms with E-state index in [0.29, 0.717) is 22.6 Å². The molecular weight excluding hydrogens is 269 g/mol. The molecule has 2 nitrogen and oxygen atoms in total. The first-order chi connectivity index (χ1) is 9.27. The van der Waals surface area contributed by atoms with Crippen molar-refractivity contribution in [2.24, 2.45) is 0 Å². The van der Waals surface area contributed by atoms with Gasteiger partial charge in [-0.3, -0.25) is 4.79 Å². The van der Waals surface area contributed by atoms with E-state index in [1.807, 2.05) is 0 Å². The predicted molar refractivity (Wildman–Crippen MR) is 67.7 cm³/mol. The Morgan fingerprint density at radius 1 is 1.15 bits per heavy atom. The number of alkyl halides is 3. The number of ketones is 1. The van der Waals surface area contributed by atoms with Crippen LogP contribution in [-0.2, 0) is 12.6 Å². The number of aryl methyl sites for hydroxylation is 2. The molecule has 0 aliphatic carbocycles. The van der Waals surface area contributed by atoms with Gasteiger partial charge in [0.25, 0.3) is 0 Å². The maximum atomic E-state index is 12.4. The molecule has 0 amide bonds. The zero-order valence-corrected chi connectivity index (χ0v) is 11.0. The van der Waals surface area contributed by atoms with Crippen LogP contribution >= 0.6 is 0 Å². The van der Waals surface area contributed by atoms with Crippen LogP contribution in [0.2, 0.25) is 0 Å². The van der Waals surface area contributed by atoms with Gasteiger partial charge in [0.05, 0.1) is 11.1 Å². The van der Waals surface area contributed by atoms with Crippen molar-refractivity contribution < 1.29 is 22.4 Å². The van der Waals surface area contributed by atoms with Crippen LogP contribution in [0.1, 0.15) is 33.0 Å². The summed E-state index contributed by atoms with van der Waals surface area (Å²) in [6.07, 6.45) is -4.31. The van der Waals surface area contributed by atoms with Crippen LogP contribution in [0.3, 0.4) is 0 Å². The summed E-state index contributed by atoms with van der Waals surface area (Å²) in [7, 11) is 0. The van der Waals surface area contributed by atoms with E-state index in [4.69, 9.17) is 4.42 Å². The summed E-state index contributed by atoms with van der Waals surface area (Å²) in [5.74, 6) is 0.997. The monoisotopic (exact) mass is 282 g/mol. The Hall–Kier alpha value is -2.04. The molecular formula is C15H13F3O2. The Bertz CT molecular complexity index is 622. The van der Waals surface area contributed by atoms with Gasteiger partial charge in [0.15, 0.2) is 5.78 Å². The third-order valence-corrected chi connectivity index (χ3v) is 2.99. The maximum absolute atomic E-state index is 12.4. The Balaban J connectivity index is 2.14. The molecule has 1 aromatic carbocycles. The first-order valence-corrected chi connectivity index (χ1v) is 6.04. The first-order valence-electron chi connectivity index (χ1n) is 6.04. The minimum absolute atomic E-state index is 0.0535. The van der Waals surface area contributed by atoms with Crippen LogP contribution in [0.5, 0.6) is 0 Å². The van der Waals surface area contributed by atoms with Gasteiger partial charge in [-0.2, -0.15) is 13.2 Å². The Morgan fingerprint density at radius 2 is 1.75 bits per heavy atom. The molecule has 20 heavy (non-hydrogen) atoms. The molecule has 0 saturated heterocycles. The van der Waals surface area contributed by atoms with Crippen molar-refractivity contribution in [3.05, 3.63) is 58.5 Å². The lowest BCUT2D eigenvalue weighted by molar-refractivity contribution is -0.137. The Morgan fingerprint density at radius 3 is 2.20 bits per heavy atom. The van der Waals surface area contributed by atoms with Gasteiger partial charge in [-0.15, -0.1) is 0 Å². The smallest absolute Gasteiger partial charge is 0.416 e. The summed E-state index contributed by atoms with van der Waals surface area (Å²) in [4.78, 5) is 12.0. The average Bonchev–Trinajstić information content (AvgIpc) is 2.68. The quantitative estimate of drug-likeness (QED) is 0.784. The molecule has 1 aromatic heterocycles. The maximum Gasteiger partial charge on any atom is 0.416 e. The molecule has 0 atom stereocenters. The molecule has 0 fully saturated rings. The fraction of sp³-hybridized carbons (Fsp3) is 0.267. The fourth-order valence-electron chi connectivity index (χ4n) is 2.00. The van der Waals surface area contributed by atoms with Gasteiger partial charge < -0.3 is 4.42 Å². The minimum atomic E-state index is -4.36. The summed E-state index contributed by atoms with van der Waals surface area (Å²) >= 11 is 0. The van der Waals surface area contributed by atoms with Gasteiger partial charge in [-0.1, -0.05) is 12.1 Å². The van der Waals surface area contributed by atoms with Crippen molar-refractivity contribution in [3.63, 3.8) is 0 Å². The molecule has 0 spiro atoms. The fourth-order valence-corrected chi connectivity index (χ4v) is 2.00. The molecule has 0 bridgehead atoms. The van der Waals surface area contributed by atoms with Crippen LogP contribution in [0.4, 0.5) is 13.2 Å². The number of furan rings is 1. The van der Waals surface area contributed by atoms with Gasteiger partial charge in [-0.05, 0) is 37.6 Å². The predicted octanol–water partition coefficient (Wildman–Crippen LogP) is 4.34.